The third-order valence-corrected chi connectivity index (χ3v) is 3.88. The molecule has 0 saturated carbocycles. The summed E-state index contributed by atoms with van der Waals surface area (Å²) < 4.78 is 0. The Morgan fingerprint density at radius 2 is 2.00 bits per heavy atom. The minimum atomic E-state index is 0.378. The molecular weight excluding hydrogens is 255 g/mol. The van der Waals surface area contributed by atoms with Crippen molar-refractivity contribution in [3.63, 3.8) is 0 Å². The van der Waals surface area contributed by atoms with Crippen LogP contribution >= 0.6 is 23.2 Å². The summed E-state index contributed by atoms with van der Waals surface area (Å²) in [7, 11) is 0. The van der Waals surface area contributed by atoms with Gasteiger partial charge in [-0.25, -0.2) is 0 Å². The Balaban J connectivity index is 2.24. The highest BCUT2D eigenvalue weighted by Gasteiger charge is 2.22. The van der Waals surface area contributed by atoms with E-state index in [4.69, 9.17) is 23.2 Å². The number of nitrogens with zero attached hydrogens (tertiary/aromatic N) is 1. The molecule has 1 aromatic carbocycles. The van der Waals surface area contributed by atoms with Gasteiger partial charge >= 0.3 is 0 Å². The lowest BCUT2D eigenvalue weighted by Gasteiger charge is -2.35. The second kappa shape index (κ2) is 6.05. The van der Waals surface area contributed by atoms with Crippen molar-refractivity contribution in [2.24, 2.45) is 0 Å². The highest BCUT2D eigenvalue weighted by atomic mass is 35.5. The molecule has 1 aliphatic heterocycles. The van der Waals surface area contributed by atoms with E-state index in [9.17, 15) is 0 Å². The Hall–Kier alpha value is -0.280. The number of nitrogens with one attached hydrogen (secondary N) is 1. The Morgan fingerprint density at radius 3 is 2.65 bits per heavy atom. The normalized spacial score (nSPS) is 19.2. The van der Waals surface area contributed by atoms with Crippen molar-refractivity contribution < 1.29 is 0 Å². The second-order valence-electron chi connectivity index (χ2n) is 4.38. The predicted octanol–water partition coefficient (Wildman–Crippen LogP) is 3.35. The van der Waals surface area contributed by atoms with Crippen LogP contribution in [0.4, 0.5) is 0 Å². The molecule has 1 aromatic rings. The van der Waals surface area contributed by atoms with Gasteiger partial charge in [0, 0.05) is 42.3 Å². The molecule has 0 bridgehead atoms. The van der Waals surface area contributed by atoms with E-state index >= 15 is 0 Å². The van der Waals surface area contributed by atoms with Gasteiger partial charge in [0.05, 0.1) is 0 Å². The molecule has 0 spiro atoms. The fourth-order valence-corrected chi connectivity index (χ4v) is 2.86. The monoisotopic (exact) mass is 272 g/mol. The molecule has 94 valence electrons. The van der Waals surface area contributed by atoms with Crippen LogP contribution in [0.2, 0.25) is 10.0 Å². The van der Waals surface area contributed by atoms with Gasteiger partial charge < -0.3 is 5.32 Å². The first-order chi connectivity index (χ1) is 8.22. The van der Waals surface area contributed by atoms with Crippen LogP contribution in [0.15, 0.2) is 18.2 Å². The molecule has 2 nitrogen and oxygen atoms in total. The van der Waals surface area contributed by atoms with E-state index in [1.165, 1.54) is 0 Å². The minimum Gasteiger partial charge on any atom is -0.314 e. The maximum Gasteiger partial charge on any atom is 0.0454 e. The third-order valence-electron chi connectivity index (χ3n) is 3.30. The van der Waals surface area contributed by atoms with Crippen molar-refractivity contribution in [1.82, 2.24) is 10.2 Å². The molecular formula is C13H18Cl2N2. The summed E-state index contributed by atoms with van der Waals surface area (Å²) in [4.78, 5) is 2.48. The molecule has 0 amide bonds. The lowest BCUT2D eigenvalue weighted by Crippen LogP contribution is -2.45. The van der Waals surface area contributed by atoms with Crippen LogP contribution in [0.5, 0.6) is 0 Å². The van der Waals surface area contributed by atoms with Gasteiger partial charge in [0.25, 0.3) is 0 Å². The van der Waals surface area contributed by atoms with Crippen molar-refractivity contribution in [1.29, 1.82) is 0 Å². The third kappa shape index (κ3) is 3.14. The first kappa shape index (κ1) is 13.2. The topological polar surface area (TPSA) is 15.3 Å². The largest absolute Gasteiger partial charge is 0.314 e. The molecule has 2 rings (SSSR count). The lowest BCUT2D eigenvalue weighted by atomic mass is 10.0. The SMILES string of the molecule is CCC(c1cc(Cl)ccc1Cl)N1CCNCC1. The van der Waals surface area contributed by atoms with E-state index < -0.39 is 0 Å². The molecule has 1 unspecified atom stereocenters. The van der Waals surface area contributed by atoms with E-state index in [1.54, 1.807) is 0 Å². The Labute approximate surface area is 113 Å². The quantitative estimate of drug-likeness (QED) is 0.908. The molecule has 1 aliphatic rings. The summed E-state index contributed by atoms with van der Waals surface area (Å²) in [5, 5.41) is 4.95. The fourth-order valence-electron chi connectivity index (χ4n) is 2.44. The molecule has 1 heterocycles. The number of rotatable bonds is 3. The van der Waals surface area contributed by atoms with Crippen LogP contribution < -0.4 is 5.32 Å². The number of hydrogen-bond donors (Lipinski definition) is 1. The van der Waals surface area contributed by atoms with Crippen molar-refractivity contribution in [3.8, 4) is 0 Å². The Morgan fingerprint density at radius 1 is 1.29 bits per heavy atom. The first-order valence-electron chi connectivity index (χ1n) is 6.12. The molecule has 1 fully saturated rings. The molecule has 1 N–H and O–H groups in total. The maximum atomic E-state index is 6.29. The van der Waals surface area contributed by atoms with Gasteiger partial charge in [0.15, 0.2) is 0 Å². The Bertz CT molecular complexity index is 376. The van der Waals surface area contributed by atoms with Gasteiger partial charge in [-0.3, -0.25) is 4.90 Å². The van der Waals surface area contributed by atoms with E-state index in [2.05, 4.69) is 17.1 Å². The predicted molar refractivity (Wildman–Crippen MR) is 73.9 cm³/mol. The van der Waals surface area contributed by atoms with Gasteiger partial charge in [0.2, 0.25) is 0 Å². The highest BCUT2D eigenvalue weighted by molar-refractivity contribution is 6.33. The van der Waals surface area contributed by atoms with E-state index in [0.29, 0.717) is 6.04 Å². The van der Waals surface area contributed by atoms with Crippen molar-refractivity contribution >= 4 is 23.2 Å². The summed E-state index contributed by atoms with van der Waals surface area (Å²) in [5.74, 6) is 0. The summed E-state index contributed by atoms with van der Waals surface area (Å²) in [5.41, 5.74) is 1.16. The summed E-state index contributed by atoms with van der Waals surface area (Å²) >= 11 is 12.4. The van der Waals surface area contributed by atoms with Gasteiger partial charge in [-0.05, 0) is 30.2 Å². The maximum absolute atomic E-state index is 6.29. The average molecular weight is 273 g/mol. The van der Waals surface area contributed by atoms with E-state index in [1.807, 2.05) is 18.2 Å². The minimum absolute atomic E-state index is 0.378. The standard InChI is InChI=1S/C13H18Cl2N2/c1-2-13(17-7-5-16-6-8-17)11-9-10(14)3-4-12(11)15/h3-4,9,13,16H,2,5-8H2,1H3. The van der Waals surface area contributed by atoms with E-state index in [0.717, 1.165) is 48.2 Å². The van der Waals surface area contributed by atoms with Gasteiger partial charge in [-0.1, -0.05) is 30.1 Å². The van der Waals surface area contributed by atoms with E-state index in [-0.39, 0.29) is 0 Å². The van der Waals surface area contributed by atoms with Gasteiger partial charge in [0.1, 0.15) is 0 Å². The highest BCUT2D eigenvalue weighted by Crippen LogP contribution is 2.32. The first-order valence-corrected chi connectivity index (χ1v) is 6.87. The van der Waals surface area contributed by atoms with Crippen LogP contribution in [0, 0.1) is 0 Å². The van der Waals surface area contributed by atoms with Crippen LogP contribution in [0.25, 0.3) is 0 Å². The van der Waals surface area contributed by atoms with Gasteiger partial charge in [-0.2, -0.15) is 0 Å². The summed E-state index contributed by atoms with van der Waals surface area (Å²) in [6.07, 6.45) is 1.06. The smallest absolute Gasteiger partial charge is 0.0454 e. The summed E-state index contributed by atoms with van der Waals surface area (Å²) in [6, 6.07) is 6.12. The summed E-state index contributed by atoms with van der Waals surface area (Å²) in [6.45, 7) is 6.44. The number of hydrogen-bond acceptors (Lipinski definition) is 2. The molecule has 0 aliphatic carbocycles. The van der Waals surface area contributed by atoms with Crippen molar-refractivity contribution in [3.05, 3.63) is 33.8 Å². The van der Waals surface area contributed by atoms with Crippen LogP contribution in [-0.2, 0) is 0 Å². The molecule has 0 aromatic heterocycles. The second-order valence-corrected chi connectivity index (χ2v) is 5.22. The zero-order valence-electron chi connectivity index (χ0n) is 10.0. The number of benzene rings is 1. The number of piperazine rings is 1. The molecule has 1 saturated heterocycles. The molecule has 17 heavy (non-hydrogen) atoms. The lowest BCUT2D eigenvalue weighted by molar-refractivity contribution is 0.169. The average Bonchev–Trinajstić information content (AvgIpc) is 2.36. The van der Waals surface area contributed by atoms with Crippen LogP contribution in [0.3, 0.4) is 0 Å². The van der Waals surface area contributed by atoms with Gasteiger partial charge in [-0.15, -0.1) is 0 Å². The molecule has 4 heteroatoms. The number of halogens is 2. The fraction of sp³-hybridized carbons (Fsp3) is 0.538. The van der Waals surface area contributed by atoms with Crippen molar-refractivity contribution in [2.45, 2.75) is 19.4 Å². The zero-order valence-corrected chi connectivity index (χ0v) is 11.6. The molecule has 0 radical (unpaired) electrons. The van der Waals surface area contributed by atoms with Crippen molar-refractivity contribution in [2.75, 3.05) is 26.2 Å². The molecule has 1 atom stereocenters. The van der Waals surface area contributed by atoms with Crippen LogP contribution in [-0.4, -0.2) is 31.1 Å². The van der Waals surface area contributed by atoms with Crippen LogP contribution in [0.1, 0.15) is 24.9 Å². The Kier molecular flexibility index (Phi) is 4.69. The zero-order chi connectivity index (χ0) is 12.3.